The number of rotatable bonds is 6. The molecule has 9 nitrogen and oxygen atoms in total. The van der Waals surface area contributed by atoms with Crippen molar-refractivity contribution < 1.29 is 18.7 Å². The van der Waals surface area contributed by atoms with Gasteiger partial charge >= 0.3 is 6.09 Å². The molecule has 1 N–H and O–H groups in total. The molecule has 32 heavy (non-hydrogen) atoms. The Bertz CT molecular complexity index is 740. The van der Waals surface area contributed by atoms with Gasteiger partial charge in [0.25, 0.3) is 5.91 Å². The molecule has 0 saturated carbocycles. The molecule has 1 aromatic rings. The molecule has 182 valence electrons. The Morgan fingerprint density at radius 3 is 2.41 bits per heavy atom. The van der Waals surface area contributed by atoms with Crippen molar-refractivity contribution in [3.05, 3.63) is 24.2 Å². The third kappa shape index (κ3) is 8.87. The van der Waals surface area contributed by atoms with Gasteiger partial charge in [0.1, 0.15) is 5.60 Å². The summed E-state index contributed by atoms with van der Waals surface area (Å²) >= 11 is 0. The predicted molar refractivity (Wildman–Crippen MR) is 136 cm³/mol. The van der Waals surface area contributed by atoms with Gasteiger partial charge in [-0.05, 0) is 45.7 Å². The van der Waals surface area contributed by atoms with E-state index in [0.29, 0.717) is 45.0 Å². The summed E-state index contributed by atoms with van der Waals surface area (Å²) < 4.78 is 10.6. The van der Waals surface area contributed by atoms with Gasteiger partial charge in [0, 0.05) is 52.9 Å². The van der Waals surface area contributed by atoms with Crippen LogP contribution in [0.5, 0.6) is 0 Å². The van der Waals surface area contributed by atoms with Gasteiger partial charge in [-0.25, -0.2) is 4.79 Å². The van der Waals surface area contributed by atoms with Crippen molar-refractivity contribution in [3.8, 4) is 0 Å². The molecule has 0 aliphatic carbocycles. The van der Waals surface area contributed by atoms with E-state index in [2.05, 4.69) is 17.1 Å². The Morgan fingerprint density at radius 1 is 1.25 bits per heavy atom. The molecule has 1 aromatic heterocycles. The minimum absolute atomic E-state index is 0. The van der Waals surface area contributed by atoms with E-state index in [1.54, 1.807) is 29.0 Å². The lowest BCUT2D eigenvalue weighted by Gasteiger charge is -2.36. The largest absolute Gasteiger partial charge is 0.459 e. The molecule has 1 aliphatic heterocycles. The number of hydrogen-bond donors (Lipinski definition) is 1. The van der Waals surface area contributed by atoms with Gasteiger partial charge in [-0.3, -0.25) is 9.79 Å². The second-order valence-electron chi connectivity index (χ2n) is 8.92. The van der Waals surface area contributed by atoms with Crippen molar-refractivity contribution in [1.29, 1.82) is 0 Å². The first-order valence-corrected chi connectivity index (χ1v) is 10.9. The van der Waals surface area contributed by atoms with Crippen LogP contribution in [-0.2, 0) is 4.74 Å². The number of carbonyl (C=O) groups excluding carboxylic acids is 2. The van der Waals surface area contributed by atoms with Crippen LogP contribution in [0.2, 0.25) is 0 Å². The summed E-state index contributed by atoms with van der Waals surface area (Å²) in [6, 6.07) is 3.41. The van der Waals surface area contributed by atoms with E-state index in [-0.39, 0.29) is 41.9 Å². The van der Waals surface area contributed by atoms with Crippen LogP contribution in [0.4, 0.5) is 4.79 Å². The molecule has 1 saturated heterocycles. The fourth-order valence-electron chi connectivity index (χ4n) is 3.29. The zero-order valence-electron chi connectivity index (χ0n) is 20.1. The van der Waals surface area contributed by atoms with Crippen molar-refractivity contribution in [2.75, 3.05) is 52.9 Å². The molecular weight excluding hydrogens is 525 g/mol. The number of hydrogen-bond acceptors (Lipinski definition) is 5. The number of nitrogens with one attached hydrogen (secondary N) is 1. The molecule has 2 rings (SSSR count). The highest BCUT2D eigenvalue weighted by Gasteiger charge is 2.25. The molecule has 0 bridgehead atoms. The van der Waals surface area contributed by atoms with Crippen molar-refractivity contribution in [2.45, 2.75) is 40.2 Å². The summed E-state index contributed by atoms with van der Waals surface area (Å²) in [5.41, 5.74) is -0.509. The minimum atomic E-state index is -0.509. The molecule has 1 aliphatic rings. The number of carbonyl (C=O) groups is 2. The van der Waals surface area contributed by atoms with Crippen molar-refractivity contribution in [2.24, 2.45) is 10.9 Å². The Hall–Kier alpha value is -1.98. The molecule has 0 radical (unpaired) electrons. The molecule has 0 spiro atoms. The van der Waals surface area contributed by atoms with Gasteiger partial charge in [0.05, 0.1) is 6.26 Å². The zero-order valence-corrected chi connectivity index (χ0v) is 22.4. The Labute approximate surface area is 208 Å². The zero-order chi connectivity index (χ0) is 23.0. The summed E-state index contributed by atoms with van der Waals surface area (Å²) in [5.74, 6) is 1.30. The highest BCUT2D eigenvalue weighted by molar-refractivity contribution is 14.0. The number of ether oxygens (including phenoxy) is 1. The standard InChI is InChI=1S/C22H37N5O4.HI/c1-7-23-20(24-15-17(2)16-25(6)21(29)31-22(3,4)5)27-12-10-26(11-13-27)19(28)18-9-8-14-30-18;/h8-9,14,17H,7,10-13,15-16H2,1-6H3,(H,23,24);1H. The SMILES string of the molecule is CCNC(=NCC(C)CN(C)C(=O)OC(C)(C)C)N1CCN(C(=O)c2ccco2)CC1.I. The molecule has 10 heteroatoms. The van der Waals surface area contributed by atoms with E-state index in [4.69, 9.17) is 14.1 Å². The van der Waals surface area contributed by atoms with E-state index in [1.165, 1.54) is 6.26 Å². The quantitative estimate of drug-likeness (QED) is 0.325. The second kappa shape index (κ2) is 12.9. The van der Waals surface area contributed by atoms with E-state index in [1.807, 2.05) is 27.7 Å². The van der Waals surface area contributed by atoms with Gasteiger partial charge in [0.2, 0.25) is 0 Å². The lowest BCUT2D eigenvalue weighted by Crippen LogP contribution is -2.53. The number of aliphatic imine (C=N–C) groups is 1. The van der Waals surface area contributed by atoms with Crippen LogP contribution in [0.1, 0.15) is 45.2 Å². The highest BCUT2D eigenvalue weighted by atomic mass is 127. The van der Waals surface area contributed by atoms with Gasteiger partial charge in [0.15, 0.2) is 11.7 Å². The van der Waals surface area contributed by atoms with Gasteiger partial charge < -0.3 is 29.2 Å². The first-order chi connectivity index (χ1) is 14.6. The lowest BCUT2D eigenvalue weighted by atomic mass is 10.2. The number of guanidine groups is 1. The van der Waals surface area contributed by atoms with Crippen molar-refractivity contribution >= 4 is 41.9 Å². The fourth-order valence-corrected chi connectivity index (χ4v) is 3.29. The minimum Gasteiger partial charge on any atom is -0.459 e. The average molecular weight is 563 g/mol. The highest BCUT2D eigenvalue weighted by Crippen LogP contribution is 2.12. The summed E-state index contributed by atoms with van der Waals surface area (Å²) in [6.45, 7) is 14.2. The van der Waals surface area contributed by atoms with Crippen LogP contribution in [0.15, 0.2) is 27.8 Å². The summed E-state index contributed by atoms with van der Waals surface area (Å²) in [4.78, 5) is 34.9. The van der Waals surface area contributed by atoms with Crippen LogP contribution in [0.25, 0.3) is 0 Å². The molecule has 1 unspecified atom stereocenters. The predicted octanol–water partition coefficient (Wildman–Crippen LogP) is 3.12. The second-order valence-corrected chi connectivity index (χ2v) is 8.92. The average Bonchev–Trinajstić information content (AvgIpc) is 3.24. The van der Waals surface area contributed by atoms with E-state index in [9.17, 15) is 9.59 Å². The lowest BCUT2D eigenvalue weighted by molar-refractivity contribution is 0.0278. The fraction of sp³-hybridized carbons (Fsp3) is 0.682. The summed E-state index contributed by atoms with van der Waals surface area (Å²) in [5, 5.41) is 3.34. The molecule has 0 aromatic carbocycles. The van der Waals surface area contributed by atoms with E-state index in [0.717, 1.165) is 12.5 Å². The third-order valence-corrected chi connectivity index (χ3v) is 4.78. The van der Waals surface area contributed by atoms with Crippen LogP contribution >= 0.6 is 24.0 Å². The van der Waals surface area contributed by atoms with Gasteiger partial charge in [-0.2, -0.15) is 0 Å². The van der Waals surface area contributed by atoms with Crippen molar-refractivity contribution in [1.82, 2.24) is 20.0 Å². The maximum absolute atomic E-state index is 12.4. The van der Waals surface area contributed by atoms with E-state index < -0.39 is 5.60 Å². The summed E-state index contributed by atoms with van der Waals surface area (Å²) in [7, 11) is 1.74. The molecule has 2 heterocycles. The molecule has 1 fully saturated rings. The van der Waals surface area contributed by atoms with E-state index >= 15 is 0 Å². The maximum atomic E-state index is 12.4. The molecule has 1 atom stereocenters. The summed E-state index contributed by atoms with van der Waals surface area (Å²) in [6.07, 6.45) is 1.19. The number of piperazine rings is 1. The number of nitrogens with zero attached hydrogens (tertiary/aromatic N) is 4. The first kappa shape index (κ1) is 28.1. The van der Waals surface area contributed by atoms with Crippen LogP contribution in [0, 0.1) is 5.92 Å². The third-order valence-electron chi connectivity index (χ3n) is 4.78. The maximum Gasteiger partial charge on any atom is 0.410 e. The number of halogens is 1. The normalized spacial score (nSPS) is 15.6. The molecule has 2 amide bonds. The topological polar surface area (TPSA) is 90.6 Å². The van der Waals surface area contributed by atoms with Gasteiger partial charge in [-0.15, -0.1) is 24.0 Å². The smallest absolute Gasteiger partial charge is 0.410 e. The Kier molecular flexibility index (Phi) is 11.3. The Morgan fingerprint density at radius 2 is 1.88 bits per heavy atom. The first-order valence-electron chi connectivity index (χ1n) is 10.9. The van der Waals surface area contributed by atoms with Crippen molar-refractivity contribution in [3.63, 3.8) is 0 Å². The van der Waals surface area contributed by atoms with Crippen LogP contribution in [-0.4, -0.2) is 91.1 Å². The number of furan rings is 1. The van der Waals surface area contributed by atoms with Crippen LogP contribution < -0.4 is 5.32 Å². The molecular formula is C22H38IN5O4. The Balaban J connectivity index is 0.00000512. The monoisotopic (exact) mass is 563 g/mol. The van der Waals surface area contributed by atoms with Crippen LogP contribution in [0.3, 0.4) is 0 Å². The van der Waals surface area contributed by atoms with Gasteiger partial charge in [-0.1, -0.05) is 6.92 Å². The number of amides is 2.